The van der Waals surface area contributed by atoms with Gasteiger partial charge in [-0.05, 0) is 12.8 Å². The Morgan fingerprint density at radius 3 is 1.89 bits per heavy atom. The zero-order chi connectivity index (χ0) is 19.6. The minimum Gasteiger partial charge on any atom is -0.422 e. The zero-order valence-corrected chi connectivity index (χ0v) is 16.5. The molecule has 146 valence electrons. The summed E-state index contributed by atoms with van der Waals surface area (Å²) in [6.45, 7) is 3.47. The maximum absolute atomic E-state index is 12.8. The van der Waals surface area contributed by atoms with Gasteiger partial charge in [0.1, 0.15) is 0 Å². The van der Waals surface area contributed by atoms with E-state index in [4.69, 9.17) is 4.74 Å². The third kappa shape index (κ3) is 5.88. The largest absolute Gasteiger partial charge is 0.422 e. The molecule has 1 aliphatic rings. The second kappa shape index (κ2) is 10.8. The molecule has 4 heteroatoms. The van der Waals surface area contributed by atoms with Crippen molar-refractivity contribution in [3.63, 3.8) is 0 Å². The van der Waals surface area contributed by atoms with Crippen LogP contribution in [-0.4, -0.2) is 17.5 Å². The molecule has 0 saturated carbocycles. The number of carbonyl (C=O) groups is 3. The van der Waals surface area contributed by atoms with Crippen molar-refractivity contribution in [2.24, 2.45) is 0 Å². The first-order valence-electron chi connectivity index (χ1n) is 10.2. The molecule has 0 heterocycles. The normalized spacial score (nSPS) is 13.7. The van der Waals surface area contributed by atoms with Gasteiger partial charge >= 0.3 is 5.97 Å². The highest BCUT2D eigenvalue weighted by Crippen LogP contribution is 2.30. The van der Waals surface area contributed by atoms with Crippen molar-refractivity contribution in [3.8, 4) is 0 Å². The van der Waals surface area contributed by atoms with E-state index in [2.05, 4.69) is 6.92 Å². The summed E-state index contributed by atoms with van der Waals surface area (Å²) in [5.74, 6) is -1.21. The predicted molar refractivity (Wildman–Crippen MR) is 106 cm³/mol. The molecule has 0 aliphatic heterocycles. The van der Waals surface area contributed by atoms with Crippen LogP contribution in [0.25, 0.3) is 0 Å². The Morgan fingerprint density at radius 1 is 0.815 bits per heavy atom. The molecule has 0 bridgehead atoms. The van der Waals surface area contributed by atoms with Crippen LogP contribution in [0.1, 0.15) is 98.8 Å². The Kier molecular flexibility index (Phi) is 8.43. The number of allylic oxidation sites excluding steroid dienone is 2. The van der Waals surface area contributed by atoms with Crippen molar-refractivity contribution < 1.29 is 19.1 Å². The van der Waals surface area contributed by atoms with Crippen molar-refractivity contribution in [1.29, 1.82) is 0 Å². The van der Waals surface area contributed by atoms with E-state index in [1.807, 2.05) is 0 Å². The second-order valence-electron chi connectivity index (χ2n) is 7.18. The van der Waals surface area contributed by atoms with E-state index in [1.54, 1.807) is 24.3 Å². The van der Waals surface area contributed by atoms with E-state index in [9.17, 15) is 14.4 Å². The van der Waals surface area contributed by atoms with Gasteiger partial charge in [-0.15, -0.1) is 0 Å². The van der Waals surface area contributed by atoms with Crippen LogP contribution in [0.4, 0.5) is 0 Å². The van der Waals surface area contributed by atoms with Gasteiger partial charge < -0.3 is 4.74 Å². The SMILES string of the molecule is CCCCCCCCCCCC1=C(OC(C)=O)C(=O)c2ccccc2C1=O. The molecule has 4 nitrogen and oxygen atoms in total. The number of rotatable bonds is 11. The van der Waals surface area contributed by atoms with E-state index in [0.29, 0.717) is 23.1 Å². The lowest BCUT2D eigenvalue weighted by Gasteiger charge is -2.20. The van der Waals surface area contributed by atoms with Crippen molar-refractivity contribution in [3.05, 3.63) is 46.7 Å². The molecule has 0 N–H and O–H groups in total. The van der Waals surface area contributed by atoms with Crippen molar-refractivity contribution >= 4 is 17.5 Å². The van der Waals surface area contributed by atoms with Crippen LogP contribution < -0.4 is 0 Å². The molecule has 1 aromatic carbocycles. The molecule has 27 heavy (non-hydrogen) atoms. The molecular weight excluding hydrogens is 340 g/mol. The van der Waals surface area contributed by atoms with Gasteiger partial charge in [0.15, 0.2) is 11.5 Å². The number of hydrogen-bond acceptors (Lipinski definition) is 4. The fourth-order valence-corrected chi connectivity index (χ4v) is 3.50. The lowest BCUT2D eigenvalue weighted by molar-refractivity contribution is -0.136. The number of unbranched alkanes of at least 4 members (excludes halogenated alkanes) is 8. The highest BCUT2D eigenvalue weighted by atomic mass is 16.5. The van der Waals surface area contributed by atoms with E-state index in [0.717, 1.165) is 19.3 Å². The summed E-state index contributed by atoms with van der Waals surface area (Å²) >= 11 is 0. The molecule has 0 aromatic heterocycles. The van der Waals surface area contributed by atoms with Crippen LogP contribution in [0.3, 0.4) is 0 Å². The van der Waals surface area contributed by atoms with Crippen LogP contribution >= 0.6 is 0 Å². The number of ether oxygens (including phenoxy) is 1. The quantitative estimate of drug-likeness (QED) is 0.364. The summed E-state index contributed by atoms with van der Waals surface area (Å²) in [5.41, 5.74) is 1.07. The van der Waals surface area contributed by atoms with E-state index < -0.39 is 5.97 Å². The van der Waals surface area contributed by atoms with Crippen molar-refractivity contribution in [2.45, 2.75) is 78.1 Å². The molecule has 2 rings (SSSR count). The van der Waals surface area contributed by atoms with Gasteiger partial charge in [-0.2, -0.15) is 0 Å². The number of ketones is 2. The Morgan fingerprint density at radius 2 is 1.33 bits per heavy atom. The summed E-state index contributed by atoms with van der Waals surface area (Å²) in [7, 11) is 0. The van der Waals surface area contributed by atoms with E-state index >= 15 is 0 Å². The molecule has 0 saturated heterocycles. The monoisotopic (exact) mass is 370 g/mol. The molecule has 0 atom stereocenters. The van der Waals surface area contributed by atoms with Gasteiger partial charge in [0.25, 0.3) is 0 Å². The summed E-state index contributed by atoms with van der Waals surface area (Å²) in [6, 6.07) is 6.72. The Balaban J connectivity index is 1.94. The van der Waals surface area contributed by atoms with E-state index in [-0.39, 0.29) is 17.3 Å². The van der Waals surface area contributed by atoms with Crippen molar-refractivity contribution in [2.75, 3.05) is 0 Å². The van der Waals surface area contributed by atoms with Gasteiger partial charge in [0, 0.05) is 23.6 Å². The lowest BCUT2D eigenvalue weighted by Crippen LogP contribution is -2.24. The summed E-state index contributed by atoms with van der Waals surface area (Å²) in [4.78, 5) is 36.9. The predicted octanol–water partition coefficient (Wildman–Crippen LogP) is 5.80. The summed E-state index contributed by atoms with van der Waals surface area (Å²) in [6.07, 6.45) is 11.1. The summed E-state index contributed by atoms with van der Waals surface area (Å²) in [5, 5.41) is 0. The maximum atomic E-state index is 12.8. The topological polar surface area (TPSA) is 60.4 Å². The second-order valence-corrected chi connectivity index (χ2v) is 7.18. The minimum absolute atomic E-state index is 0.0780. The zero-order valence-electron chi connectivity index (χ0n) is 16.5. The van der Waals surface area contributed by atoms with Crippen molar-refractivity contribution in [1.82, 2.24) is 0 Å². The first-order chi connectivity index (χ1) is 13.1. The van der Waals surface area contributed by atoms with Crippen LogP contribution in [0, 0.1) is 0 Å². The third-order valence-corrected chi connectivity index (χ3v) is 4.95. The van der Waals surface area contributed by atoms with Crippen LogP contribution in [-0.2, 0) is 9.53 Å². The third-order valence-electron chi connectivity index (χ3n) is 4.95. The average molecular weight is 370 g/mol. The lowest BCUT2D eigenvalue weighted by atomic mass is 9.86. The van der Waals surface area contributed by atoms with Gasteiger partial charge in [-0.25, -0.2) is 0 Å². The van der Waals surface area contributed by atoms with Gasteiger partial charge in [-0.3, -0.25) is 14.4 Å². The fraction of sp³-hybridized carbons (Fsp3) is 0.522. The molecule has 0 amide bonds. The van der Waals surface area contributed by atoms with Crippen LogP contribution in [0.5, 0.6) is 0 Å². The average Bonchev–Trinajstić information content (AvgIpc) is 2.66. The molecular formula is C23H30O4. The summed E-state index contributed by atoms with van der Waals surface area (Å²) < 4.78 is 5.15. The highest BCUT2D eigenvalue weighted by Gasteiger charge is 2.33. The molecule has 0 radical (unpaired) electrons. The standard InChI is InChI=1S/C23H30O4/c1-3-4-5-6-7-8-9-10-11-16-20-21(25)18-14-12-13-15-19(18)22(26)23(20)27-17(2)24/h12-15H,3-11,16H2,1-2H3. The van der Waals surface area contributed by atoms with Gasteiger partial charge in [0.2, 0.25) is 5.78 Å². The number of hydrogen-bond donors (Lipinski definition) is 0. The van der Waals surface area contributed by atoms with Gasteiger partial charge in [0.05, 0.1) is 0 Å². The fourth-order valence-electron chi connectivity index (χ4n) is 3.50. The highest BCUT2D eigenvalue weighted by molar-refractivity contribution is 6.26. The molecule has 1 aromatic rings. The number of esters is 1. The minimum atomic E-state index is -0.574. The molecule has 0 fully saturated rings. The number of benzene rings is 1. The van der Waals surface area contributed by atoms with Crippen LogP contribution in [0.15, 0.2) is 35.6 Å². The molecule has 0 spiro atoms. The molecule has 1 aliphatic carbocycles. The van der Waals surface area contributed by atoms with Gasteiger partial charge in [-0.1, -0.05) is 82.6 Å². The number of carbonyl (C=O) groups excluding carboxylic acids is 3. The molecule has 0 unspecified atom stereocenters. The number of Topliss-reactive ketones (excluding diaryl/α,β-unsaturated/α-hetero) is 2. The van der Waals surface area contributed by atoms with E-state index in [1.165, 1.54) is 45.4 Å². The maximum Gasteiger partial charge on any atom is 0.308 e. The Labute approximate surface area is 162 Å². The first kappa shape index (κ1) is 21.1. The van der Waals surface area contributed by atoms with Crippen LogP contribution in [0.2, 0.25) is 0 Å². The smallest absolute Gasteiger partial charge is 0.308 e. The first-order valence-corrected chi connectivity index (χ1v) is 10.2. The number of fused-ring (bicyclic) bond motifs is 1. The Hall–Kier alpha value is -2.23. The Bertz CT molecular complexity index is 715.